The minimum Gasteiger partial charge on any atom is -0.469 e. The second-order valence-electron chi connectivity index (χ2n) is 9.74. The molecule has 2 saturated heterocycles. The maximum Gasteiger partial charge on any atom is 0.313 e. The zero-order valence-corrected chi connectivity index (χ0v) is 20.1. The standard InChI is InChI=1S/C27H29N3O6/c1-36-26(34)21-16-29(14-17-5-3-2-4-6-17)12-11-27(21,35)19-7-8-20-18(13-19)15-30(25(20)33)22-9-10-23(31)28-24(22)32/h2-8,13,21-22,35H,9-12,14-16H2,1H3,(H,28,31,32). The zero-order valence-electron chi connectivity index (χ0n) is 20.1. The molecule has 9 heteroatoms. The highest BCUT2D eigenvalue weighted by Gasteiger charge is 2.48. The van der Waals surface area contributed by atoms with E-state index in [-0.39, 0.29) is 31.2 Å². The Kier molecular flexibility index (Phi) is 6.36. The third kappa shape index (κ3) is 4.29. The quantitative estimate of drug-likeness (QED) is 0.479. The number of likely N-dealkylation sites (tertiary alicyclic amines) is 1. The van der Waals surface area contributed by atoms with Gasteiger partial charge in [-0.15, -0.1) is 0 Å². The van der Waals surface area contributed by atoms with Crippen LogP contribution in [0.15, 0.2) is 48.5 Å². The van der Waals surface area contributed by atoms with Crippen LogP contribution in [-0.2, 0) is 37.8 Å². The van der Waals surface area contributed by atoms with Gasteiger partial charge < -0.3 is 14.7 Å². The van der Waals surface area contributed by atoms with E-state index in [9.17, 15) is 24.3 Å². The Morgan fingerprint density at radius 2 is 1.94 bits per heavy atom. The summed E-state index contributed by atoms with van der Waals surface area (Å²) in [6.07, 6.45) is 0.786. The summed E-state index contributed by atoms with van der Waals surface area (Å²) >= 11 is 0. The number of ether oxygens (including phenoxy) is 1. The lowest BCUT2D eigenvalue weighted by Gasteiger charge is -2.43. The highest BCUT2D eigenvalue weighted by molar-refractivity contribution is 6.05. The average molecular weight is 492 g/mol. The number of benzene rings is 2. The number of fused-ring (bicyclic) bond motifs is 1. The number of hydrogen-bond acceptors (Lipinski definition) is 7. The van der Waals surface area contributed by atoms with Crippen LogP contribution in [0.1, 0.15) is 46.3 Å². The maximum atomic E-state index is 13.0. The van der Waals surface area contributed by atoms with E-state index in [1.54, 1.807) is 18.2 Å². The van der Waals surface area contributed by atoms with Gasteiger partial charge in [0, 0.05) is 38.2 Å². The number of carbonyl (C=O) groups is 4. The van der Waals surface area contributed by atoms with Crippen LogP contribution in [0.5, 0.6) is 0 Å². The van der Waals surface area contributed by atoms with Crippen LogP contribution in [0.3, 0.4) is 0 Å². The minimum absolute atomic E-state index is 0.182. The number of methoxy groups -OCH3 is 1. The SMILES string of the molecule is COC(=O)C1CN(Cc2ccccc2)CCC1(O)c1ccc2c(c1)CN(C1CCC(=O)NC1=O)C2=O. The molecule has 2 N–H and O–H groups in total. The Hall–Kier alpha value is -3.56. The molecule has 36 heavy (non-hydrogen) atoms. The molecule has 0 spiro atoms. The van der Waals surface area contributed by atoms with Crippen LogP contribution in [0.25, 0.3) is 0 Å². The van der Waals surface area contributed by atoms with E-state index in [2.05, 4.69) is 10.2 Å². The molecule has 0 aliphatic carbocycles. The largest absolute Gasteiger partial charge is 0.469 e. The molecule has 0 radical (unpaired) electrons. The molecule has 3 atom stereocenters. The fraction of sp³-hybridized carbons (Fsp3) is 0.407. The molecular formula is C27H29N3O6. The molecule has 3 aliphatic heterocycles. The molecule has 2 aromatic carbocycles. The maximum absolute atomic E-state index is 13.0. The van der Waals surface area contributed by atoms with E-state index >= 15 is 0 Å². The van der Waals surface area contributed by atoms with Crippen molar-refractivity contribution in [2.24, 2.45) is 5.92 Å². The van der Waals surface area contributed by atoms with E-state index in [0.29, 0.717) is 42.7 Å². The van der Waals surface area contributed by atoms with Gasteiger partial charge in [-0.3, -0.25) is 29.4 Å². The van der Waals surface area contributed by atoms with E-state index in [1.807, 2.05) is 30.3 Å². The highest BCUT2D eigenvalue weighted by Crippen LogP contribution is 2.40. The summed E-state index contributed by atoms with van der Waals surface area (Å²) in [6, 6.07) is 14.3. The van der Waals surface area contributed by atoms with E-state index in [0.717, 1.165) is 5.56 Å². The molecule has 5 rings (SSSR count). The lowest BCUT2D eigenvalue weighted by Crippen LogP contribution is -2.53. The molecule has 0 bridgehead atoms. The Morgan fingerprint density at radius 3 is 2.67 bits per heavy atom. The van der Waals surface area contributed by atoms with Crippen LogP contribution >= 0.6 is 0 Å². The van der Waals surface area contributed by atoms with Gasteiger partial charge >= 0.3 is 5.97 Å². The third-order valence-electron chi connectivity index (χ3n) is 7.58. The van der Waals surface area contributed by atoms with Crippen molar-refractivity contribution in [3.05, 3.63) is 70.8 Å². The van der Waals surface area contributed by atoms with E-state index in [4.69, 9.17) is 4.74 Å². The van der Waals surface area contributed by atoms with Crippen molar-refractivity contribution in [1.82, 2.24) is 15.1 Å². The third-order valence-corrected chi connectivity index (χ3v) is 7.58. The number of rotatable bonds is 5. The minimum atomic E-state index is -1.46. The van der Waals surface area contributed by atoms with Gasteiger partial charge in [-0.1, -0.05) is 42.5 Å². The molecule has 2 fully saturated rings. The summed E-state index contributed by atoms with van der Waals surface area (Å²) in [5, 5.41) is 14.1. The van der Waals surface area contributed by atoms with Gasteiger partial charge in [0.15, 0.2) is 0 Å². The fourth-order valence-corrected chi connectivity index (χ4v) is 5.59. The second-order valence-corrected chi connectivity index (χ2v) is 9.74. The summed E-state index contributed by atoms with van der Waals surface area (Å²) in [5.41, 5.74) is 1.36. The van der Waals surface area contributed by atoms with Gasteiger partial charge in [0.05, 0.1) is 7.11 Å². The van der Waals surface area contributed by atoms with Crippen molar-refractivity contribution in [2.75, 3.05) is 20.2 Å². The number of nitrogens with one attached hydrogen (secondary N) is 1. The molecule has 0 saturated carbocycles. The van der Waals surface area contributed by atoms with Crippen LogP contribution in [0.4, 0.5) is 0 Å². The van der Waals surface area contributed by atoms with Gasteiger partial charge in [-0.2, -0.15) is 0 Å². The first-order valence-electron chi connectivity index (χ1n) is 12.1. The Labute approximate surface area is 209 Å². The normalized spacial score (nSPS) is 26.5. The predicted molar refractivity (Wildman–Crippen MR) is 128 cm³/mol. The van der Waals surface area contributed by atoms with Crippen molar-refractivity contribution >= 4 is 23.7 Å². The number of amides is 3. The van der Waals surface area contributed by atoms with Crippen molar-refractivity contribution in [1.29, 1.82) is 0 Å². The van der Waals surface area contributed by atoms with Gasteiger partial charge in [-0.25, -0.2) is 0 Å². The average Bonchev–Trinajstić information content (AvgIpc) is 3.21. The van der Waals surface area contributed by atoms with Crippen molar-refractivity contribution < 1.29 is 29.0 Å². The second kappa shape index (κ2) is 9.48. The first-order chi connectivity index (χ1) is 17.3. The first-order valence-corrected chi connectivity index (χ1v) is 12.1. The molecule has 188 valence electrons. The molecule has 0 aromatic heterocycles. The van der Waals surface area contributed by atoms with Crippen molar-refractivity contribution in [3.63, 3.8) is 0 Å². The van der Waals surface area contributed by atoms with Gasteiger partial charge in [0.1, 0.15) is 17.6 Å². The molecule has 3 aliphatic rings. The number of carbonyl (C=O) groups excluding carboxylic acids is 4. The van der Waals surface area contributed by atoms with Crippen LogP contribution in [0.2, 0.25) is 0 Å². The first kappa shape index (κ1) is 24.1. The number of esters is 1. The van der Waals surface area contributed by atoms with Crippen LogP contribution in [0, 0.1) is 5.92 Å². The van der Waals surface area contributed by atoms with E-state index < -0.39 is 29.4 Å². The lowest BCUT2D eigenvalue weighted by molar-refractivity contribution is -0.164. The highest BCUT2D eigenvalue weighted by atomic mass is 16.5. The summed E-state index contributed by atoms with van der Waals surface area (Å²) in [7, 11) is 1.32. The summed E-state index contributed by atoms with van der Waals surface area (Å²) in [5.74, 6) is -2.38. The topological polar surface area (TPSA) is 116 Å². The van der Waals surface area contributed by atoms with Crippen molar-refractivity contribution in [3.8, 4) is 0 Å². The van der Waals surface area contributed by atoms with Gasteiger partial charge in [0.2, 0.25) is 11.8 Å². The molecule has 3 heterocycles. The number of aliphatic hydroxyl groups is 1. The predicted octanol–water partition coefficient (Wildman–Crippen LogP) is 1.33. The molecule has 3 amide bonds. The molecular weight excluding hydrogens is 462 g/mol. The van der Waals surface area contributed by atoms with Crippen molar-refractivity contribution in [2.45, 2.75) is 44.0 Å². The molecule has 3 unspecified atom stereocenters. The van der Waals surface area contributed by atoms with Crippen LogP contribution in [-0.4, -0.2) is 64.8 Å². The summed E-state index contributed by atoms with van der Waals surface area (Å²) < 4.78 is 5.07. The Bertz CT molecular complexity index is 1220. The fourth-order valence-electron chi connectivity index (χ4n) is 5.59. The van der Waals surface area contributed by atoms with E-state index in [1.165, 1.54) is 12.0 Å². The smallest absolute Gasteiger partial charge is 0.313 e. The Morgan fingerprint density at radius 1 is 1.17 bits per heavy atom. The van der Waals surface area contributed by atoms with Gasteiger partial charge in [0.25, 0.3) is 5.91 Å². The molecule has 9 nitrogen and oxygen atoms in total. The summed E-state index contributed by atoms with van der Waals surface area (Å²) in [4.78, 5) is 53.3. The monoisotopic (exact) mass is 491 g/mol. The molecule has 2 aromatic rings. The Balaban J connectivity index is 1.38. The van der Waals surface area contributed by atoms with Crippen LogP contribution < -0.4 is 5.32 Å². The number of piperidine rings is 2. The number of nitrogens with zero attached hydrogens (tertiary/aromatic N) is 2. The number of hydrogen-bond donors (Lipinski definition) is 2. The summed E-state index contributed by atoms with van der Waals surface area (Å²) in [6.45, 7) is 1.77. The van der Waals surface area contributed by atoms with Gasteiger partial charge in [-0.05, 0) is 35.6 Å². The zero-order chi connectivity index (χ0) is 25.4. The lowest BCUT2D eigenvalue weighted by atomic mass is 9.75. The number of imide groups is 1.